The third-order valence-corrected chi connectivity index (χ3v) is 3.94. The van der Waals surface area contributed by atoms with Gasteiger partial charge in [0.2, 0.25) is 0 Å². The summed E-state index contributed by atoms with van der Waals surface area (Å²) in [6.07, 6.45) is 3.78. The highest BCUT2D eigenvalue weighted by Crippen LogP contribution is 2.33. The molecule has 23 heavy (non-hydrogen) atoms. The number of hydrogen-bond donors (Lipinski definition) is 4. The first-order valence-electron chi connectivity index (χ1n) is 7.16. The molecule has 3 rings (SSSR count). The Morgan fingerprint density at radius 1 is 1.48 bits per heavy atom. The summed E-state index contributed by atoms with van der Waals surface area (Å²) in [5.74, 6) is -0.858. The summed E-state index contributed by atoms with van der Waals surface area (Å²) < 4.78 is 0. The van der Waals surface area contributed by atoms with Crippen LogP contribution in [0.5, 0.6) is 0 Å². The van der Waals surface area contributed by atoms with Gasteiger partial charge in [-0.1, -0.05) is 6.92 Å². The average molecular weight is 312 g/mol. The second kappa shape index (κ2) is 5.28. The molecule has 0 radical (unpaired) electrons. The second-order valence-corrected chi connectivity index (χ2v) is 5.35. The van der Waals surface area contributed by atoms with Gasteiger partial charge in [-0.2, -0.15) is 0 Å². The van der Waals surface area contributed by atoms with Gasteiger partial charge in [-0.3, -0.25) is 4.79 Å². The Hall–Kier alpha value is -3.09. The first-order chi connectivity index (χ1) is 10.9. The van der Waals surface area contributed by atoms with E-state index in [1.165, 1.54) is 6.20 Å². The highest BCUT2D eigenvalue weighted by atomic mass is 16.4. The number of pyridine rings is 1. The van der Waals surface area contributed by atoms with Crippen LogP contribution >= 0.6 is 0 Å². The number of carboxylic acids is 1. The van der Waals surface area contributed by atoms with Gasteiger partial charge in [-0.15, -0.1) is 0 Å². The van der Waals surface area contributed by atoms with E-state index in [1.54, 1.807) is 19.1 Å². The maximum absolute atomic E-state index is 12.2. The predicted molar refractivity (Wildman–Crippen MR) is 87.0 cm³/mol. The van der Waals surface area contributed by atoms with Gasteiger partial charge in [-0.25, -0.2) is 9.78 Å². The number of aromatic carboxylic acids is 1. The number of anilines is 2. The molecule has 7 nitrogen and oxygen atoms in total. The molecule has 1 amide bonds. The Balaban J connectivity index is 2.17. The van der Waals surface area contributed by atoms with Crippen LogP contribution in [-0.2, 0) is 11.2 Å². The second-order valence-electron chi connectivity index (χ2n) is 5.35. The molecule has 0 atom stereocenters. The molecular formula is C16H16N4O3. The molecule has 118 valence electrons. The number of fused-ring (bicyclic) bond motifs is 1. The van der Waals surface area contributed by atoms with E-state index < -0.39 is 5.97 Å². The Morgan fingerprint density at radius 2 is 2.22 bits per heavy atom. The van der Waals surface area contributed by atoms with Crippen molar-refractivity contribution < 1.29 is 14.7 Å². The Labute approximate surface area is 132 Å². The van der Waals surface area contributed by atoms with E-state index in [0.29, 0.717) is 40.3 Å². The SMILES string of the molecule is CCc1c(C=C2C(=O)Nc3ncc(N)cc32)[nH]c(C(=O)O)c1C. The summed E-state index contributed by atoms with van der Waals surface area (Å²) in [5, 5.41) is 11.9. The van der Waals surface area contributed by atoms with E-state index in [-0.39, 0.29) is 11.6 Å². The first-order valence-corrected chi connectivity index (χ1v) is 7.16. The molecule has 0 unspecified atom stereocenters. The number of nitrogens with two attached hydrogens (primary N) is 1. The number of nitrogens with one attached hydrogen (secondary N) is 2. The quantitative estimate of drug-likeness (QED) is 0.646. The normalized spacial score (nSPS) is 14.9. The third kappa shape index (κ3) is 2.36. The Bertz CT molecular complexity index is 864. The summed E-state index contributed by atoms with van der Waals surface area (Å²) in [5.41, 5.74) is 9.51. The molecule has 0 saturated heterocycles. The van der Waals surface area contributed by atoms with Gasteiger partial charge < -0.3 is 21.1 Å². The lowest BCUT2D eigenvalue weighted by Crippen LogP contribution is -2.04. The maximum Gasteiger partial charge on any atom is 0.352 e. The lowest BCUT2D eigenvalue weighted by Gasteiger charge is -2.01. The smallest absolute Gasteiger partial charge is 0.352 e. The first kappa shape index (κ1) is 14.8. The van der Waals surface area contributed by atoms with Crippen LogP contribution in [0, 0.1) is 6.92 Å². The summed E-state index contributed by atoms with van der Waals surface area (Å²) >= 11 is 0. The van der Waals surface area contributed by atoms with Gasteiger partial charge in [0.1, 0.15) is 11.5 Å². The topological polar surface area (TPSA) is 121 Å². The Kier molecular flexibility index (Phi) is 3.40. The van der Waals surface area contributed by atoms with Crippen molar-refractivity contribution in [3.8, 4) is 0 Å². The maximum atomic E-state index is 12.2. The highest BCUT2D eigenvalue weighted by molar-refractivity contribution is 6.34. The highest BCUT2D eigenvalue weighted by Gasteiger charge is 2.26. The fourth-order valence-electron chi connectivity index (χ4n) is 2.82. The minimum Gasteiger partial charge on any atom is -0.477 e. The predicted octanol–water partition coefficient (Wildman–Crippen LogP) is 2.05. The summed E-state index contributed by atoms with van der Waals surface area (Å²) in [6.45, 7) is 3.69. The van der Waals surface area contributed by atoms with E-state index in [9.17, 15) is 14.7 Å². The number of hydrogen-bond acceptors (Lipinski definition) is 4. The molecule has 0 saturated carbocycles. The number of nitrogen functional groups attached to an aromatic ring is 1. The number of carbonyl (C=O) groups excluding carboxylic acids is 1. The zero-order valence-electron chi connectivity index (χ0n) is 12.7. The lowest BCUT2D eigenvalue weighted by atomic mass is 10.0. The fraction of sp³-hybridized carbons (Fsp3) is 0.188. The van der Waals surface area contributed by atoms with Crippen molar-refractivity contribution in [3.05, 3.63) is 40.3 Å². The van der Waals surface area contributed by atoms with E-state index in [0.717, 1.165) is 5.56 Å². The molecule has 2 aromatic heterocycles. The summed E-state index contributed by atoms with van der Waals surface area (Å²) in [7, 11) is 0. The number of carboxylic acid groups (broad SMARTS) is 1. The molecule has 0 aliphatic carbocycles. The number of amides is 1. The van der Waals surface area contributed by atoms with Crippen LogP contribution in [0.4, 0.5) is 11.5 Å². The summed E-state index contributed by atoms with van der Waals surface area (Å²) in [6, 6.07) is 1.67. The van der Waals surface area contributed by atoms with Crippen molar-refractivity contribution in [2.75, 3.05) is 11.1 Å². The minimum atomic E-state index is -1.02. The number of rotatable bonds is 3. The van der Waals surface area contributed by atoms with Gasteiger partial charge in [0, 0.05) is 11.3 Å². The van der Waals surface area contributed by atoms with Crippen LogP contribution in [0.3, 0.4) is 0 Å². The van der Waals surface area contributed by atoms with Crippen LogP contribution in [0.25, 0.3) is 11.6 Å². The van der Waals surface area contributed by atoms with Crippen molar-refractivity contribution in [1.82, 2.24) is 9.97 Å². The van der Waals surface area contributed by atoms with E-state index in [2.05, 4.69) is 15.3 Å². The number of aromatic amines is 1. The van der Waals surface area contributed by atoms with E-state index >= 15 is 0 Å². The van der Waals surface area contributed by atoms with Crippen molar-refractivity contribution in [1.29, 1.82) is 0 Å². The van der Waals surface area contributed by atoms with Gasteiger partial charge in [0.25, 0.3) is 5.91 Å². The molecule has 5 N–H and O–H groups in total. The molecule has 0 aromatic carbocycles. The van der Waals surface area contributed by atoms with Crippen LogP contribution in [0.1, 0.15) is 39.8 Å². The molecule has 0 spiro atoms. The van der Waals surface area contributed by atoms with Gasteiger partial charge >= 0.3 is 5.97 Å². The van der Waals surface area contributed by atoms with Crippen molar-refractivity contribution in [3.63, 3.8) is 0 Å². The average Bonchev–Trinajstić information content (AvgIpc) is 2.97. The van der Waals surface area contributed by atoms with Crippen LogP contribution < -0.4 is 11.1 Å². The fourth-order valence-corrected chi connectivity index (χ4v) is 2.82. The summed E-state index contributed by atoms with van der Waals surface area (Å²) in [4.78, 5) is 30.5. The molecule has 0 fully saturated rings. The number of carbonyl (C=O) groups is 2. The number of nitrogens with zero attached hydrogens (tertiary/aromatic N) is 1. The molecule has 1 aliphatic heterocycles. The standard InChI is InChI=1S/C16H16N4O3/c1-3-9-7(2)13(16(22)23)19-12(9)5-11-10-4-8(17)6-18-14(10)20-15(11)21/h4-6,19H,3,17H2,1-2H3,(H,22,23)(H,18,20,21). The monoisotopic (exact) mass is 312 g/mol. The molecule has 2 aromatic rings. The zero-order valence-corrected chi connectivity index (χ0v) is 12.7. The van der Waals surface area contributed by atoms with Crippen molar-refractivity contribution in [2.45, 2.75) is 20.3 Å². The van der Waals surface area contributed by atoms with Gasteiger partial charge in [0.15, 0.2) is 0 Å². The van der Waals surface area contributed by atoms with E-state index in [4.69, 9.17) is 5.73 Å². The van der Waals surface area contributed by atoms with Crippen molar-refractivity contribution in [2.24, 2.45) is 0 Å². The largest absolute Gasteiger partial charge is 0.477 e. The molecule has 3 heterocycles. The molecule has 1 aliphatic rings. The lowest BCUT2D eigenvalue weighted by molar-refractivity contribution is -0.110. The van der Waals surface area contributed by atoms with E-state index in [1.807, 2.05) is 6.92 Å². The van der Waals surface area contributed by atoms with Crippen LogP contribution in [0.15, 0.2) is 12.3 Å². The molecule has 0 bridgehead atoms. The minimum absolute atomic E-state index is 0.137. The van der Waals surface area contributed by atoms with Gasteiger partial charge in [0.05, 0.1) is 17.5 Å². The molecule has 7 heteroatoms. The third-order valence-electron chi connectivity index (χ3n) is 3.94. The van der Waals surface area contributed by atoms with Crippen LogP contribution in [-0.4, -0.2) is 27.0 Å². The van der Waals surface area contributed by atoms with Crippen molar-refractivity contribution >= 4 is 35.0 Å². The number of H-pyrrole nitrogens is 1. The Morgan fingerprint density at radius 3 is 2.87 bits per heavy atom. The number of aromatic nitrogens is 2. The molecular weight excluding hydrogens is 296 g/mol. The zero-order chi connectivity index (χ0) is 16.7. The van der Waals surface area contributed by atoms with Gasteiger partial charge in [-0.05, 0) is 36.6 Å². The van der Waals surface area contributed by atoms with Crippen LogP contribution in [0.2, 0.25) is 0 Å².